The van der Waals surface area contributed by atoms with E-state index in [1.165, 1.54) is 19.2 Å². The fourth-order valence-electron chi connectivity index (χ4n) is 1.24. The molecular formula is C11H13FO2. The van der Waals surface area contributed by atoms with Gasteiger partial charge in [0.25, 0.3) is 0 Å². The van der Waals surface area contributed by atoms with E-state index in [0.717, 1.165) is 11.8 Å². The molecule has 1 rings (SSSR count). The fourth-order valence-corrected chi connectivity index (χ4v) is 1.24. The first-order valence-corrected chi connectivity index (χ1v) is 4.49. The van der Waals surface area contributed by atoms with Crippen molar-refractivity contribution < 1.29 is 13.9 Å². The Bertz CT molecular complexity index is 299. The van der Waals surface area contributed by atoms with Gasteiger partial charge in [-0.25, -0.2) is 4.39 Å². The summed E-state index contributed by atoms with van der Waals surface area (Å²) in [5, 5.41) is 0. The van der Waals surface area contributed by atoms with Crippen LogP contribution in [0.15, 0.2) is 24.3 Å². The third-order valence-electron chi connectivity index (χ3n) is 2.06. The minimum absolute atomic E-state index is 0.248. The summed E-state index contributed by atoms with van der Waals surface area (Å²) in [6.07, 6.45) is 1.61. The van der Waals surface area contributed by atoms with Crippen LogP contribution in [0.5, 0.6) is 0 Å². The summed E-state index contributed by atoms with van der Waals surface area (Å²) < 4.78 is 17.6. The number of carbonyl (C=O) groups excluding carboxylic acids is 1. The molecule has 0 bridgehead atoms. The molecular weight excluding hydrogens is 183 g/mol. The maximum atomic E-state index is 12.8. The van der Waals surface area contributed by atoms with E-state index in [2.05, 4.69) is 0 Å². The minimum atomic E-state index is -0.390. The number of ether oxygens (including phenoxy) is 1. The third kappa shape index (κ3) is 3.26. The SMILES string of the molecule is COC(C=O)CCc1cccc(F)c1. The molecule has 3 heteroatoms. The van der Waals surface area contributed by atoms with Crippen LogP contribution in [0.25, 0.3) is 0 Å². The van der Waals surface area contributed by atoms with Crippen LogP contribution in [0.4, 0.5) is 4.39 Å². The van der Waals surface area contributed by atoms with Crippen LogP contribution < -0.4 is 0 Å². The van der Waals surface area contributed by atoms with Crippen molar-refractivity contribution in [3.63, 3.8) is 0 Å². The number of aryl methyl sites for hydroxylation is 1. The lowest BCUT2D eigenvalue weighted by Crippen LogP contribution is -2.12. The summed E-state index contributed by atoms with van der Waals surface area (Å²) >= 11 is 0. The molecule has 0 spiro atoms. The zero-order valence-electron chi connectivity index (χ0n) is 8.07. The van der Waals surface area contributed by atoms with Gasteiger partial charge in [0.05, 0.1) is 0 Å². The number of benzene rings is 1. The summed E-state index contributed by atoms with van der Waals surface area (Å²) in [4.78, 5) is 10.4. The van der Waals surface area contributed by atoms with Gasteiger partial charge in [0.2, 0.25) is 0 Å². The Morgan fingerprint density at radius 2 is 2.36 bits per heavy atom. The van der Waals surface area contributed by atoms with Gasteiger partial charge < -0.3 is 9.53 Å². The Morgan fingerprint density at radius 3 is 2.93 bits per heavy atom. The fraction of sp³-hybridized carbons (Fsp3) is 0.364. The smallest absolute Gasteiger partial charge is 0.148 e. The maximum Gasteiger partial charge on any atom is 0.148 e. The molecule has 0 radical (unpaired) electrons. The normalized spacial score (nSPS) is 12.4. The van der Waals surface area contributed by atoms with Crippen LogP contribution in [0, 0.1) is 5.82 Å². The number of carbonyl (C=O) groups is 1. The molecule has 1 atom stereocenters. The zero-order chi connectivity index (χ0) is 10.4. The van der Waals surface area contributed by atoms with E-state index in [0.29, 0.717) is 12.8 Å². The van der Waals surface area contributed by atoms with Gasteiger partial charge in [-0.2, -0.15) is 0 Å². The zero-order valence-corrected chi connectivity index (χ0v) is 8.07. The van der Waals surface area contributed by atoms with E-state index in [-0.39, 0.29) is 5.82 Å². The Labute approximate surface area is 82.7 Å². The molecule has 1 aromatic rings. The average molecular weight is 196 g/mol. The Hall–Kier alpha value is -1.22. The molecule has 0 N–H and O–H groups in total. The Morgan fingerprint density at radius 1 is 1.57 bits per heavy atom. The van der Waals surface area contributed by atoms with E-state index in [4.69, 9.17) is 4.74 Å². The number of hydrogen-bond acceptors (Lipinski definition) is 2. The van der Waals surface area contributed by atoms with E-state index < -0.39 is 6.10 Å². The molecule has 0 saturated carbocycles. The van der Waals surface area contributed by atoms with Gasteiger partial charge in [-0.1, -0.05) is 12.1 Å². The molecule has 0 aliphatic heterocycles. The lowest BCUT2D eigenvalue weighted by molar-refractivity contribution is -0.116. The summed E-state index contributed by atoms with van der Waals surface area (Å²) in [6.45, 7) is 0. The van der Waals surface area contributed by atoms with Crippen LogP contribution in [0.3, 0.4) is 0 Å². The maximum absolute atomic E-state index is 12.8. The topological polar surface area (TPSA) is 26.3 Å². The quantitative estimate of drug-likeness (QED) is 0.673. The molecule has 0 fully saturated rings. The Balaban J connectivity index is 2.48. The van der Waals surface area contributed by atoms with Gasteiger partial charge >= 0.3 is 0 Å². The highest BCUT2D eigenvalue weighted by Gasteiger charge is 2.05. The molecule has 2 nitrogen and oxygen atoms in total. The van der Waals surface area contributed by atoms with Gasteiger partial charge in [-0.3, -0.25) is 0 Å². The van der Waals surface area contributed by atoms with Gasteiger partial charge in [-0.15, -0.1) is 0 Å². The second-order valence-electron chi connectivity index (χ2n) is 3.08. The largest absolute Gasteiger partial charge is 0.374 e. The van der Waals surface area contributed by atoms with Crippen molar-refractivity contribution in [1.29, 1.82) is 0 Å². The molecule has 0 amide bonds. The van der Waals surface area contributed by atoms with Crippen LogP contribution >= 0.6 is 0 Å². The number of hydrogen-bond donors (Lipinski definition) is 0. The van der Waals surface area contributed by atoms with Gasteiger partial charge in [0.1, 0.15) is 18.2 Å². The van der Waals surface area contributed by atoms with Crippen LogP contribution in [0.1, 0.15) is 12.0 Å². The summed E-state index contributed by atoms with van der Waals surface area (Å²) in [7, 11) is 1.49. The van der Waals surface area contributed by atoms with E-state index in [1.807, 2.05) is 6.07 Å². The van der Waals surface area contributed by atoms with Crippen molar-refractivity contribution in [2.45, 2.75) is 18.9 Å². The second-order valence-corrected chi connectivity index (χ2v) is 3.08. The van der Waals surface area contributed by atoms with Crippen molar-refractivity contribution in [3.8, 4) is 0 Å². The van der Waals surface area contributed by atoms with Crippen molar-refractivity contribution in [2.75, 3.05) is 7.11 Å². The highest BCUT2D eigenvalue weighted by Crippen LogP contribution is 2.08. The lowest BCUT2D eigenvalue weighted by atomic mass is 10.1. The minimum Gasteiger partial charge on any atom is -0.374 e. The molecule has 1 unspecified atom stereocenters. The summed E-state index contributed by atoms with van der Waals surface area (Å²) in [6, 6.07) is 6.36. The van der Waals surface area contributed by atoms with Crippen LogP contribution in [-0.2, 0) is 16.0 Å². The Kier molecular flexibility index (Phi) is 4.26. The predicted molar refractivity (Wildman–Crippen MR) is 51.6 cm³/mol. The number of aldehydes is 1. The lowest BCUT2D eigenvalue weighted by Gasteiger charge is -2.07. The predicted octanol–water partition coefficient (Wildman–Crippen LogP) is 1.97. The number of methoxy groups -OCH3 is 1. The first-order chi connectivity index (χ1) is 6.76. The second kappa shape index (κ2) is 5.50. The molecule has 14 heavy (non-hydrogen) atoms. The number of halogens is 1. The first kappa shape index (κ1) is 10.9. The highest BCUT2D eigenvalue weighted by atomic mass is 19.1. The van der Waals surface area contributed by atoms with Crippen molar-refractivity contribution in [1.82, 2.24) is 0 Å². The van der Waals surface area contributed by atoms with Gasteiger partial charge in [-0.05, 0) is 30.5 Å². The molecule has 1 aromatic carbocycles. The number of rotatable bonds is 5. The van der Waals surface area contributed by atoms with Crippen LogP contribution in [-0.4, -0.2) is 19.5 Å². The van der Waals surface area contributed by atoms with E-state index in [1.54, 1.807) is 6.07 Å². The monoisotopic (exact) mass is 196 g/mol. The standard InChI is InChI=1S/C11H13FO2/c1-14-11(8-13)6-5-9-3-2-4-10(12)7-9/h2-4,7-8,11H,5-6H2,1H3. The summed E-state index contributed by atoms with van der Waals surface area (Å²) in [5.41, 5.74) is 0.883. The molecule has 0 aromatic heterocycles. The molecule has 76 valence electrons. The molecule has 0 saturated heterocycles. The molecule has 0 aliphatic carbocycles. The third-order valence-corrected chi connectivity index (χ3v) is 2.06. The average Bonchev–Trinajstić information content (AvgIpc) is 2.19. The van der Waals surface area contributed by atoms with Crippen molar-refractivity contribution in [3.05, 3.63) is 35.6 Å². The molecule has 0 heterocycles. The van der Waals surface area contributed by atoms with Gasteiger partial charge in [0.15, 0.2) is 0 Å². The van der Waals surface area contributed by atoms with Crippen molar-refractivity contribution >= 4 is 6.29 Å². The van der Waals surface area contributed by atoms with Gasteiger partial charge in [0, 0.05) is 7.11 Å². The summed E-state index contributed by atoms with van der Waals surface area (Å²) in [5.74, 6) is -0.248. The first-order valence-electron chi connectivity index (χ1n) is 4.49. The van der Waals surface area contributed by atoms with Crippen molar-refractivity contribution in [2.24, 2.45) is 0 Å². The molecule has 0 aliphatic rings. The van der Waals surface area contributed by atoms with E-state index >= 15 is 0 Å². The highest BCUT2D eigenvalue weighted by molar-refractivity contribution is 5.55. The van der Waals surface area contributed by atoms with Crippen LogP contribution in [0.2, 0.25) is 0 Å². The van der Waals surface area contributed by atoms with E-state index in [9.17, 15) is 9.18 Å².